The molecule has 2 aromatic rings. The second kappa shape index (κ2) is 17.3. The van der Waals surface area contributed by atoms with Crippen molar-refractivity contribution in [1.29, 1.82) is 0 Å². The zero-order valence-corrected chi connectivity index (χ0v) is 37.7. The van der Waals surface area contributed by atoms with Crippen molar-refractivity contribution in [3.8, 4) is 0 Å². The molecule has 4 fully saturated rings. The number of hydrogen-bond donors (Lipinski definition) is 4. The van der Waals surface area contributed by atoms with Crippen molar-refractivity contribution in [3.63, 3.8) is 0 Å². The summed E-state index contributed by atoms with van der Waals surface area (Å²) in [4.78, 5) is 77.0. The number of carbonyl (C=O) groups excluding carboxylic acids is 6. The Balaban J connectivity index is 0.903. The van der Waals surface area contributed by atoms with Crippen LogP contribution in [0.25, 0.3) is 0 Å². The lowest BCUT2D eigenvalue weighted by Crippen LogP contribution is -2.70. The summed E-state index contributed by atoms with van der Waals surface area (Å²) in [5.74, 6) is -5.36. The number of benzene rings is 2. The summed E-state index contributed by atoms with van der Waals surface area (Å²) in [5.41, 5.74) is -2.90. The Hall–Kier alpha value is -5.48. The molecule has 350 valence electrons. The molecule has 4 aliphatic carbocycles. The number of nitrogens with one attached hydrogen (secondary N) is 2. The highest BCUT2D eigenvalue weighted by molar-refractivity contribution is 6.13. The maximum atomic E-state index is 17.9. The van der Waals surface area contributed by atoms with Crippen molar-refractivity contribution in [1.82, 2.24) is 10.2 Å². The molecule has 0 bridgehead atoms. The summed E-state index contributed by atoms with van der Waals surface area (Å²) in [6, 6.07) is 13.9. The molecule has 6 aliphatic rings. The van der Waals surface area contributed by atoms with Crippen LogP contribution in [-0.2, 0) is 38.2 Å². The Labute approximate surface area is 382 Å². The van der Waals surface area contributed by atoms with E-state index in [9.17, 15) is 39.0 Å². The Kier molecular flexibility index (Phi) is 12.3. The van der Waals surface area contributed by atoms with Gasteiger partial charge in [-0.05, 0) is 73.4 Å². The molecule has 2 heterocycles. The number of aliphatic hydroxyl groups is 2. The number of fused-ring (bicyclic) bond motifs is 7. The number of aliphatic hydroxyl groups excluding tert-OH is 2. The number of halogens is 2. The Bertz CT molecular complexity index is 2450. The minimum atomic E-state index is -2.25. The first-order chi connectivity index (χ1) is 31.2. The number of carbonyl (C=O) groups is 6. The molecule has 13 atom stereocenters. The van der Waals surface area contributed by atoms with Gasteiger partial charge in [0.05, 0.1) is 18.2 Å². The number of imide groups is 1. The lowest BCUT2D eigenvalue weighted by atomic mass is 9.44. The van der Waals surface area contributed by atoms with Crippen LogP contribution in [0.2, 0.25) is 0 Å². The Morgan fingerprint density at radius 1 is 0.970 bits per heavy atom. The molecule has 3 saturated carbocycles. The van der Waals surface area contributed by atoms with E-state index < -0.39 is 101 Å². The van der Waals surface area contributed by atoms with Crippen molar-refractivity contribution in [2.45, 2.75) is 115 Å². The van der Waals surface area contributed by atoms with Gasteiger partial charge in [0.15, 0.2) is 29.1 Å². The van der Waals surface area contributed by atoms with E-state index >= 15 is 8.78 Å². The van der Waals surface area contributed by atoms with Crippen molar-refractivity contribution in [2.24, 2.45) is 28.6 Å². The number of alkyl halides is 2. The highest BCUT2D eigenvalue weighted by Gasteiger charge is 2.80. The van der Waals surface area contributed by atoms with Crippen LogP contribution in [0.3, 0.4) is 0 Å². The fraction of sp³-hybridized carbons (Fsp3) is 0.490. The number of hydrogen-bond acceptors (Lipinski definition) is 10. The van der Waals surface area contributed by atoms with Gasteiger partial charge in [-0.3, -0.25) is 33.7 Å². The molecule has 4 N–H and O–H groups in total. The van der Waals surface area contributed by atoms with Gasteiger partial charge in [-0.1, -0.05) is 82.0 Å². The number of anilines is 1. The summed E-state index contributed by atoms with van der Waals surface area (Å²) in [7, 11) is 0. The Morgan fingerprint density at radius 2 is 1.67 bits per heavy atom. The van der Waals surface area contributed by atoms with Gasteiger partial charge in [-0.25, -0.2) is 8.78 Å². The van der Waals surface area contributed by atoms with Crippen LogP contribution < -0.4 is 10.6 Å². The summed E-state index contributed by atoms with van der Waals surface area (Å²) in [6.45, 7) is 11.5. The first-order valence-electron chi connectivity index (χ1n) is 22.6. The van der Waals surface area contributed by atoms with E-state index in [0.29, 0.717) is 16.8 Å². The zero-order valence-electron chi connectivity index (χ0n) is 37.7. The molecule has 0 unspecified atom stereocenters. The number of ketones is 2. The van der Waals surface area contributed by atoms with E-state index in [0.717, 1.165) is 28.2 Å². The average molecular weight is 910 g/mol. The third-order valence-electron chi connectivity index (χ3n) is 15.7. The third kappa shape index (κ3) is 7.51. The molecule has 2 aromatic carbocycles. The second-order valence-corrected chi connectivity index (χ2v) is 19.4. The minimum absolute atomic E-state index is 0.112. The number of allylic oxidation sites excluding steroid dienone is 5. The maximum Gasteiger partial charge on any atom is 0.253 e. The zero-order chi connectivity index (χ0) is 47.7. The monoisotopic (exact) mass is 909 g/mol. The average Bonchev–Trinajstić information content (AvgIpc) is 3.91. The van der Waals surface area contributed by atoms with E-state index in [1.165, 1.54) is 6.92 Å². The van der Waals surface area contributed by atoms with Gasteiger partial charge in [-0.2, -0.15) is 0 Å². The maximum absolute atomic E-state index is 17.9. The number of nitrogens with zero attached hydrogens (tertiary/aromatic N) is 1. The summed E-state index contributed by atoms with van der Waals surface area (Å²) in [6.07, 6.45) is 1.60. The van der Waals surface area contributed by atoms with E-state index in [1.807, 2.05) is 49.4 Å². The largest absolute Gasteiger partial charge is 0.390 e. The lowest BCUT2D eigenvalue weighted by molar-refractivity contribution is -0.235. The van der Waals surface area contributed by atoms with Crippen LogP contribution in [0.15, 0.2) is 96.6 Å². The van der Waals surface area contributed by atoms with Crippen LogP contribution in [0.4, 0.5) is 14.5 Å². The molecule has 2 aliphatic heterocycles. The topological polar surface area (TPSA) is 189 Å². The molecule has 66 heavy (non-hydrogen) atoms. The molecule has 0 spiro atoms. The quantitative estimate of drug-likeness (QED) is 0.168. The number of amides is 4. The molecule has 4 amide bonds. The third-order valence-corrected chi connectivity index (χ3v) is 15.7. The number of ether oxygens (including phenoxy) is 2. The van der Waals surface area contributed by atoms with E-state index in [1.54, 1.807) is 45.1 Å². The molecule has 0 aromatic heterocycles. The summed E-state index contributed by atoms with van der Waals surface area (Å²) < 4.78 is 47.2. The van der Waals surface area contributed by atoms with Crippen LogP contribution in [0, 0.1) is 28.6 Å². The smallest absolute Gasteiger partial charge is 0.253 e. The standard InChI is InChI=1S/C51H57F2N3O10/c1-27-16-18-48(5)37(20-27)38(52)23-36-35-24-42-51(41(60)26-57,49(35,6)25-40(59)50(36,48)53)66-47(65-42)32-12-10-31(11-13-32)29(3)33-8-7-9-34(22-33)55-46(64)28(2)21-39(58)30(4)54-43(61)17-19-56-44(62)14-15-45(56)63/h7-16,18,20,22,28-30,35-36,38,40,42,47,57,59H,1,17,19,21,23-26H2,2-6H3,(H,54,61)(H,55,64)/t28-,29-,30+,35+,36+,38+,40+,42-,47-,48+,49+,50+,51-/m1/s1. The van der Waals surface area contributed by atoms with E-state index in [4.69, 9.17) is 9.47 Å². The highest BCUT2D eigenvalue weighted by Crippen LogP contribution is 2.72. The van der Waals surface area contributed by atoms with E-state index in [2.05, 4.69) is 17.2 Å². The first kappa shape index (κ1) is 47.0. The fourth-order valence-electron chi connectivity index (χ4n) is 11.9. The highest BCUT2D eigenvalue weighted by atomic mass is 19.1. The molecular weight excluding hydrogens is 853 g/mol. The molecule has 0 radical (unpaired) electrons. The normalized spacial score (nSPS) is 34.4. The molecule has 13 nitrogen and oxygen atoms in total. The molecule has 1 saturated heterocycles. The van der Waals surface area contributed by atoms with E-state index in [-0.39, 0.29) is 61.8 Å². The van der Waals surface area contributed by atoms with Crippen molar-refractivity contribution in [2.75, 3.05) is 18.5 Å². The van der Waals surface area contributed by atoms with Crippen LogP contribution in [0.5, 0.6) is 0 Å². The van der Waals surface area contributed by atoms with Crippen molar-refractivity contribution in [3.05, 3.63) is 113 Å². The fourth-order valence-corrected chi connectivity index (χ4v) is 11.9. The van der Waals surface area contributed by atoms with Gasteiger partial charge in [0, 0.05) is 71.4 Å². The number of Topliss-reactive ketones (excluding diaryl/α,β-unsaturated/α-hetero) is 2. The molecular formula is C51H57F2N3O10. The van der Waals surface area contributed by atoms with Gasteiger partial charge in [0.1, 0.15) is 12.8 Å². The SMILES string of the molecule is C=C1C=C[C@@]2(C)C(=C1)[C@@H](F)C[C@H]1[C@@H]3C[C@H]4O[C@@H](c5ccc([C@@H](C)c6cccc(NC(=O)[C@H](C)CC(=O)[C@H](C)NC(=O)CCN7C(=O)C=CC7=O)c6)cc5)O[C@@]4(C(=O)CO)[C@@]3(C)C[C@H](O)[C@@]12F. The Morgan fingerprint density at radius 3 is 2.35 bits per heavy atom. The van der Waals surface area contributed by atoms with Gasteiger partial charge < -0.3 is 30.3 Å². The molecule has 15 heteroatoms. The van der Waals surface area contributed by atoms with Crippen molar-refractivity contribution < 1.29 is 57.2 Å². The van der Waals surface area contributed by atoms with Crippen molar-refractivity contribution >= 4 is 40.9 Å². The molecule has 8 rings (SSSR count). The minimum Gasteiger partial charge on any atom is -0.390 e. The summed E-state index contributed by atoms with van der Waals surface area (Å²) in [5, 5.41) is 27.7. The van der Waals surface area contributed by atoms with Gasteiger partial charge >= 0.3 is 0 Å². The first-order valence-corrected chi connectivity index (χ1v) is 22.6. The second-order valence-electron chi connectivity index (χ2n) is 19.4. The predicted molar refractivity (Wildman–Crippen MR) is 238 cm³/mol. The van der Waals surface area contributed by atoms with Gasteiger partial charge in [0.2, 0.25) is 11.8 Å². The van der Waals surface area contributed by atoms with Crippen LogP contribution in [-0.4, -0.2) is 99.2 Å². The van der Waals surface area contributed by atoms with Crippen LogP contribution in [0.1, 0.15) is 95.6 Å². The predicted octanol–water partition coefficient (Wildman–Crippen LogP) is 5.82. The van der Waals surface area contributed by atoms with Crippen LogP contribution >= 0.6 is 0 Å². The summed E-state index contributed by atoms with van der Waals surface area (Å²) >= 11 is 0. The van der Waals surface area contributed by atoms with Gasteiger partial charge in [-0.15, -0.1) is 0 Å². The number of rotatable bonds is 14. The van der Waals surface area contributed by atoms with Gasteiger partial charge in [0.25, 0.3) is 11.8 Å². The lowest BCUT2D eigenvalue weighted by Gasteiger charge is -2.63.